The molecule has 158 valence electrons. The number of aliphatic hydroxyl groups excluding tert-OH is 1. The van der Waals surface area contributed by atoms with Crippen LogP contribution in [-0.4, -0.2) is 58.5 Å². The van der Waals surface area contributed by atoms with Crippen molar-refractivity contribution in [3.63, 3.8) is 0 Å². The number of anilines is 2. The summed E-state index contributed by atoms with van der Waals surface area (Å²) >= 11 is 0.994. The van der Waals surface area contributed by atoms with Crippen molar-refractivity contribution >= 4 is 33.9 Å². The van der Waals surface area contributed by atoms with E-state index >= 15 is 0 Å². The lowest BCUT2D eigenvalue weighted by molar-refractivity contribution is 0.281. The molecule has 3 N–H and O–H groups in total. The van der Waals surface area contributed by atoms with Crippen LogP contribution < -0.4 is 10.0 Å². The summed E-state index contributed by atoms with van der Waals surface area (Å²) in [6.45, 7) is 2.31. The molecule has 2 heterocycles. The van der Waals surface area contributed by atoms with Gasteiger partial charge in [-0.05, 0) is 19.4 Å². The fourth-order valence-electron chi connectivity index (χ4n) is 2.31. The molecule has 0 aliphatic carbocycles. The Labute approximate surface area is 171 Å². The van der Waals surface area contributed by atoms with Crippen LogP contribution in [0.2, 0.25) is 0 Å². The van der Waals surface area contributed by atoms with Crippen LogP contribution in [0.1, 0.15) is 18.9 Å². The summed E-state index contributed by atoms with van der Waals surface area (Å²) in [5, 5.41) is 12.1. The minimum absolute atomic E-state index is 0.0287. The van der Waals surface area contributed by atoms with Crippen molar-refractivity contribution in [3.05, 3.63) is 35.4 Å². The van der Waals surface area contributed by atoms with E-state index in [1.165, 1.54) is 16.4 Å². The smallest absolute Gasteiger partial charge is 0.303 e. The maximum absolute atomic E-state index is 13.9. The van der Waals surface area contributed by atoms with E-state index < -0.39 is 27.9 Å². The molecule has 1 aliphatic heterocycles. The van der Waals surface area contributed by atoms with Gasteiger partial charge in [-0.3, -0.25) is 0 Å². The Morgan fingerprint density at radius 3 is 2.62 bits per heavy atom. The molecule has 0 saturated carbocycles. The van der Waals surface area contributed by atoms with Crippen LogP contribution in [0.4, 0.5) is 20.7 Å². The molecule has 1 aromatic carbocycles. The lowest BCUT2D eigenvalue weighted by Crippen LogP contribution is -2.45. The predicted molar refractivity (Wildman–Crippen MR) is 105 cm³/mol. The summed E-state index contributed by atoms with van der Waals surface area (Å²) in [6.07, 6.45) is 0.777. The van der Waals surface area contributed by atoms with Crippen LogP contribution in [0.15, 0.2) is 23.4 Å². The van der Waals surface area contributed by atoms with Crippen molar-refractivity contribution < 1.29 is 22.3 Å². The first-order chi connectivity index (χ1) is 13.8. The average Bonchev–Trinajstić information content (AvgIpc) is 2.60. The van der Waals surface area contributed by atoms with Gasteiger partial charge in [-0.25, -0.2) is 13.5 Å². The van der Waals surface area contributed by atoms with Gasteiger partial charge in [-0.2, -0.15) is 27.7 Å². The third-order valence-corrected chi connectivity index (χ3v) is 6.41. The number of thioether (sulfide) groups is 1. The van der Waals surface area contributed by atoms with Gasteiger partial charge in [-0.15, -0.1) is 0 Å². The molecule has 0 amide bonds. The van der Waals surface area contributed by atoms with E-state index in [9.17, 15) is 22.3 Å². The predicted octanol–water partition coefficient (Wildman–Crippen LogP) is 1.60. The highest BCUT2D eigenvalue weighted by Gasteiger charge is 2.28. The molecule has 29 heavy (non-hydrogen) atoms. The van der Waals surface area contributed by atoms with Crippen LogP contribution >= 0.6 is 11.8 Å². The van der Waals surface area contributed by atoms with Gasteiger partial charge < -0.3 is 10.4 Å². The largest absolute Gasteiger partial charge is 0.394 e. The number of rotatable bonds is 9. The van der Waals surface area contributed by atoms with E-state index in [-0.39, 0.29) is 35.0 Å². The summed E-state index contributed by atoms with van der Waals surface area (Å²) < 4.78 is 55.4. The van der Waals surface area contributed by atoms with Crippen molar-refractivity contribution in [1.82, 2.24) is 19.3 Å². The second-order valence-electron chi connectivity index (χ2n) is 6.35. The highest BCUT2D eigenvalue weighted by molar-refractivity contribution is 7.98. The third-order valence-electron chi connectivity index (χ3n) is 4.03. The molecule has 1 atom stereocenters. The van der Waals surface area contributed by atoms with Crippen molar-refractivity contribution in [2.24, 2.45) is 0 Å². The molecule has 1 aromatic heterocycles. The van der Waals surface area contributed by atoms with Crippen molar-refractivity contribution in [1.29, 1.82) is 0 Å². The minimum Gasteiger partial charge on any atom is -0.394 e. The molecular weight excluding hydrogens is 426 g/mol. The van der Waals surface area contributed by atoms with E-state index in [0.717, 1.165) is 24.2 Å². The van der Waals surface area contributed by atoms with Gasteiger partial charge >= 0.3 is 10.2 Å². The zero-order chi connectivity index (χ0) is 21.0. The quantitative estimate of drug-likeness (QED) is 0.497. The maximum Gasteiger partial charge on any atom is 0.303 e. The van der Waals surface area contributed by atoms with E-state index in [1.54, 1.807) is 6.92 Å². The average molecular weight is 447 g/mol. The number of aliphatic hydroxyl groups is 1. The van der Waals surface area contributed by atoms with E-state index in [4.69, 9.17) is 0 Å². The minimum atomic E-state index is -3.79. The third kappa shape index (κ3) is 5.50. The zero-order valence-electron chi connectivity index (χ0n) is 15.5. The molecular formula is C16H20F2N6O3S2. The molecule has 0 radical (unpaired) electrons. The van der Waals surface area contributed by atoms with Crippen LogP contribution in [0.3, 0.4) is 0 Å². The van der Waals surface area contributed by atoms with Gasteiger partial charge in [-0.1, -0.05) is 23.9 Å². The topological polar surface area (TPSA) is 120 Å². The Balaban J connectivity index is 1.82. The summed E-state index contributed by atoms with van der Waals surface area (Å²) in [4.78, 5) is 12.2. The molecule has 2 aromatic rings. The molecule has 3 rings (SSSR count). The van der Waals surface area contributed by atoms with Crippen LogP contribution in [0.5, 0.6) is 0 Å². The van der Waals surface area contributed by atoms with Gasteiger partial charge in [0.2, 0.25) is 11.9 Å². The fraction of sp³-hybridized carbons (Fsp3) is 0.438. The van der Waals surface area contributed by atoms with E-state index in [2.05, 4.69) is 25.0 Å². The zero-order valence-corrected chi connectivity index (χ0v) is 17.1. The molecule has 13 heteroatoms. The molecule has 0 bridgehead atoms. The van der Waals surface area contributed by atoms with Crippen LogP contribution in [-0.2, 0) is 16.0 Å². The SMILES string of the molecule is C[C@H](CO)Nc1nc(NS(=O)(=O)N2CCC2)nc(SCc2cccc(F)c2F)n1. The normalized spacial score (nSPS) is 15.6. The summed E-state index contributed by atoms with van der Waals surface area (Å²) in [5.74, 6) is -2.05. The number of halogens is 2. The summed E-state index contributed by atoms with van der Waals surface area (Å²) in [6, 6.07) is 3.46. The Kier molecular flexibility index (Phi) is 6.82. The van der Waals surface area contributed by atoms with E-state index in [1.807, 2.05) is 0 Å². The standard InChI is InChI=1S/C16H20F2N6O3S2/c1-10(8-25)19-14-20-15(23-29(26,27)24-6-3-7-24)22-16(21-14)28-9-11-4-2-5-12(17)13(11)18/h2,4-5,10,25H,3,6-9H2,1H3,(H2,19,20,21,22,23)/t10-/m1/s1. The molecule has 0 unspecified atom stereocenters. The van der Waals surface area contributed by atoms with Crippen molar-refractivity contribution in [2.75, 3.05) is 29.7 Å². The Morgan fingerprint density at radius 2 is 1.97 bits per heavy atom. The summed E-state index contributed by atoms with van der Waals surface area (Å²) in [7, 11) is -3.79. The number of hydrogen-bond acceptors (Lipinski definition) is 8. The number of hydrogen-bond donors (Lipinski definition) is 3. The fourth-order valence-corrected chi connectivity index (χ4v) is 4.31. The van der Waals surface area contributed by atoms with Gasteiger partial charge in [0, 0.05) is 30.4 Å². The lowest BCUT2D eigenvalue weighted by atomic mass is 10.2. The molecule has 1 fully saturated rings. The molecule has 9 nitrogen and oxygen atoms in total. The molecule has 1 aliphatic rings. The highest BCUT2D eigenvalue weighted by Crippen LogP contribution is 2.24. The highest BCUT2D eigenvalue weighted by atomic mass is 32.2. The van der Waals surface area contributed by atoms with Gasteiger partial charge in [0.25, 0.3) is 0 Å². The first-order valence-electron chi connectivity index (χ1n) is 8.75. The molecule has 0 spiro atoms. The Hall–Kier alpha value is -2.09. The lowest BCUT2D eigenvalue weighted by Gasteiger charge is -2.29. The molecule has 1 saturated heterocycles. The second kappa shape index (κ2) is 9.15. The number of aromatic nitrogens is 3. The number of nitrogens with zero attached hydrogens (tertiary/aromatic N) is 4. The maximum atomic E-state index is 13.9. The first-order valence-corrected chi connectivity index (χ1v) is 11.2. The first kappa shape index (κ1) is 21.6. The monoisotopic (exact) mass is 446 g/mol. The van der Waals surface area contributed by atoms with Crippen LogP contribution in [0.25, 0.3) is 0 Å². The summed E-state index contributed by atoms with van der Waals surface area (Å²) in [5.41, 5.74) is 0.122. The Bertz CT molecular complexity index is 975. The number of nitrogens with one attached hydrogen (secondary N) is 2. The van der Waals surface area contributed by atoms with Gasteiger partial charge in [0.15, 0.2) is 16.8 Å². The van der Waals surface area contributed by atoms with Crippen molar-refractivity contribution in [3.8, 4) is 0 Å². The van der Waals surface area contributed by atoms with Gasteiger partial charge in [0.05, 0.1) is 6.61 Å². The Morgan fingerprint density at radius 1 is 1.24 bits per heavy atom. The number of benzene rings is 1. The second-order valence-corrected chi connectivity index (χ2v) is 8.97. The van der Waals surface area contributed by atoms with Crippen molar-refractivity contribution in [2.45, 2.75) is 30.3 Å². The van der Waals surface area contributed by atoms with Crippen LogP contribution in [0, 0.1) is 11.6 Å². The van der Waals surface area contributed by atoms with Gasteiger partial charge in [0.1, 0.15) is 0 Å². The van der Waals surface area contributed by atoms with E-state index in [0.29, 0.717) is 13.1 Å².